The minimum Gasteiger partial charge on any atom is -0.744 e. The second kappa shape index (κ2) is 6.40. The van der Waals surface area contributed by atoms with Gasteiger partial charge in [0, 0.05) is 5.69 Å². The molecule has 94 valence electrons. The van der Waals surface area contributed by atoms with Gasteiger partial charge in [-0.25, -0.2) is 8.42 Å². The van der Waals surface area contributed by atoms with Crippen molar-refractivity contribution in [1.82, 2.24) is 0 Å². The average Bonchev–Trinajstić information content (AvgIpc) is 2.31. The van der Waals surface area contributed by atoms with Gasteiger partial charge in [-0.3, -0.25) is 0 Å². The summed E-state index contributed by atoms with van der Waals surface area (Å²) in [6.07, 6.45) is 0. The topological polar surface area (TPSA) is 92.5 Å². The van der Waals surface area contributed by atoms with Gasteiger partial charge in [0.15, 0.2) is 0 Å². The average molecular weight is 287 g/mol. The van der Waals surface area contributed by atoms with Gasteiger partial charge < -0.3 is 15.0 Å². The molecule has 0 atom stereocenters. The van der Waals surface area contributed by atoms with Crippen LogP contribution in [0.5, 0.6) is 11.5 Å². The van der Waals surface area contributed by atoms with E-state index >= 15 is 0 Å². The molecule has 0 aliphatic rings. The van der Waals surface area contributed by atoms with Crippen molar-refractivity contribution >= 4 is 15.8 Å². The summed E-state index contributed by atoms with van der Waals surface area (Å²) in [5.41, 5.74) is 5.64. The van der Waals surface area contributed by atoms with Gasteiger partial charge in [-0.05, 0) is 30.3 Å². The molecule has 0 aliphatic carbocycles. The van der Waals surface area contributed by atoms with Crippen LogP contribution in [0.2, 0.25) is 0 Å². The fourth-order valence-corrected chi connectivity index (χ4v) is 2.06. The molecule has 0 aromatic heterocycles. The molecule has 2 N–H and O–H groups in total. The van der Waals surface area contributed by atoms with E-state index in [2.05, 4.69) is 0 Å². The van der Waals surface area contributed by atoms with Crippen LogP contribution in [0.3, 0.4) is 0 Å². The van der Waals surface area contributed by atoms with E-state index in [-0.39, 0.29) is 41.0 Å². The Labute approximate surface area is 133 Å². The Morgan fingerprint density at radius 3 is 2.26 bits per heavy atom. The van der Waals surface area contributed by atoms with E-state index in [1.807, 2.05) is 0 Å². The van der Waals surface area contributed by atoms with Crippen molar-refractivity contribution < 1.29 is 47.3 Å². The molecule has 0 amide bonds. The first kappa shape index (κ1) is 16.0. The van der Waals surface area contributed by atoms with E-state index in [1.165, 1.54) is 12.1 Å². The summed E-state index contributed by atoms with van der Waals surface area (Å²) in [5, 5.41) is 0. The van der Waals surface area contributed by atoms with Gasteiger partial charge in [0.1, 0.15) is 21.6 Å². The molecule has 0 aliphatic heterocycles. The number of nitrogen functional groups attached to an aromatic ring is 1. The Hall–Kier alpha value is -1.05. The van der Waals surface area contributed by atoms with Gasteiger partial charge in [-0.2, -0.15) is 0 Å². The van der Waals surface area contributed by atoms with Crippen LogP contribution in [0.15, 0.2) is 53.4 Å². The SMILES string of the molecule is Nc1ccc(Oc2ccccc2)c(S(=O)(=O)[O-])c1.[Na+]. The molecule has 0 spiro atoms. The molecule has 5 nitrogen and oxygen atoms in total. The molecular formula is C12H10NNaO4S. The number of benzene rings is 2. The Balaban J connectivity index is 0.00000180. The molecule has 7 heteroatoms. The minimum atomic E-state index is -4.63. The van der Waals surface area contributed by atoms with Crippen LogP contribution in [0.4, 0.5) is 5.69 Å². The summed E-state index contributed by atoms with van der Waals surface area (Å²) in [4.78, 5) is -0.466. The van der Waals surface area contributed by atoms with Crippen molar-refractivity contribution in [3.05, 3.63) is 48.5 Å². The van der Waals surface area contributed by atoms with Crippen molar-refractivity contribution in [2.24, 2.45) is 0 Å². The fraction of sp³-hybridized carbons (Fsp3) is 0. The van der Waals surface area contributed by atoms with Crippen LogP contribution in [0.1, 0.15) is 0 Å². The molecule has 2 rings (SSSR count). The van der Waals surface area contributed by atoms with Crippen molar-refractivity contribution in [3.8, 4) is 11.5 Å². The summed E-state index contributed by atoms with van der Waals surface area (Å²) in [6, 6.07) is 12.5. The maximum Gasteiger partial charge on any atom is 1.00 e. The molecule has 0 saturated carbocycles. The third-order valence-electron chi connectivity index (χ3n) is 2.21. The minimum absolute atomic E-state index is 0. The Morgan fingerprint density at radius 1 is 1.05 bits per heavy atom. The zero-order valence-electron chi connectivity index (χ0n) is 10.2. The standard InChI is InChI=1S/C12H11NO4S.Na/c13-9-6-7-11(12(8-9)18(14,15)16)17-10-4-2-1-3-5-10;/h1-8H,13H2,(H,14,15,16);/q;+1/p-1. The second-order valence-corrected chi connectivity index (χ2v) is 4.92. The second-order valence-electron chi connectivity index (χ2n) is 3.58. The summed E-state index contributed by atoms with van der Waals surface area (Å²) >= 11 is 0. The van der Waals surface area contributed by atoms with Crippen LogP contribution >= 0.6 is 0 Å². The van der Waals surface area contributed by atoms with Gasteiger partial charge in [0.05, 0.1) is 4.90 Å². The molecule has 2 aromatic rings. The number of anilines is 1. The zero-order valence-corrected chi connectivity index (χ0v) is 13.1. The van der Waals surface area contributed by atoms with E-state index < -0.39 is 15.0 Å². The Bertz CT molecular complexity index is 659. The first-order valence-electron chi connectivity index (χ1n) is 5.05. The monoisotopic (exact) mass is 287 g/mol. The van der Waals surface area contributed by atoms with E-state index in [9.17, 15) is 13.0 Å². The summed E-state index contributed by atoms with van der Waals surface area (Å²) in [7, 11) is -4.63. The van der Waals surface area contributed by atoms with Crippen LogP contribution in [0, 0.1) is 0 Å². The molecule has 0 unspecified atom stereocenters. The third-order valence-corrected chi connectivity index (χ3v) is 3.07. The normalized spacial score (nSPS) is 10.6. The fourth-order valence-electron chi connectivity index (χ4n) is 1.42. The van der Waals surface area contributed by atoms with E-state index in [4.69, 9.17) is 10.5 Å². The predicted molar refractivity (Wildman–Crippen MR) is 65.3 cm³/mol. The number of hydrogen-bond donors (Lipinski definition) is 1. The summed E-state index contributed by atoms with van der Waals surface area (Å²) < 4.78 is 38.7. The molecule has 19 heavy (non-hydrogen) atoms. The number of hydrogen-bond acceptors (Lipinski definition) is 5. The number of rotatable bonds is 3. The molecule has 0 saturated heterocycles. The summed E-state index contributed by atoms with van der Waals surface area (Å²) in [5.74, 6) is 0.401. The molecule has 2 aromatic carbocycles. The maximum atomic E-state index is 11.1. The van der Waals surface area contributed by atoms with Crippen molar-refractivity contribution in [2.45, 2.75) is 4.90 Å². The molecule has 0 fully saturated rings. The molecule has 0 radical (unpaired) electrons. The van der Waals surface area contributed by atoms with Crippen molar-refractivity contribution in [3.63, 3.8) is 0 Å². The largest absolute Gasteiger partial charge is 1.00 e. The van der Waals surface area contributed by atoms with Crippen LogP contribution in [-0.4, -0.2) is 13.0 Å². The smallest absolute Gasteiger partial charge is 0.744 e. The number of nitrogens with two attached hydrogens (primary N) is 1. The van der Waals surface area contributed by atoms with Gasteiger partial charge in [-0.1, -0.05) is 18.2 Å². The quantitative estimate of drug-likeness (QED) is 0.443. The van der Waals surface area contributed by atoms with Gasteiger partial charge >= 0.3 is 29.6 Å². The van der Waals surface area contributed by atoms with Crippen molar-refractivity contribution in [1.29, 1.82) is 0 Å². The van der Waals surface area contributed by atoms with E-state index in [1.54, 1.807) is 30.3 Å². The van der Waals surface area contributed by atoms with Gasteiger partial charge in [0.2, 0.25) is 0 Å². The zero-order chi connectivity index (χ0) is 13.2. The van der Waals surface area contributed by atoms with Crippen LogP contribution in [-0.2, 0) is 10.1 Å². The van der Waals surface area contributed by atoms with E-state index in [0.717, 1.165) is 6.07 Å². The number of para-hydroxylation sites is 1. The molecule has 0 bridgehead atoms. The van der Waals surface area contributed by atoms with Crippen LogP contribution < -0.4 is 40.0 Å². The van der Waals surface area contributed by atoms with E-state index in [0.29, 0.717) is 5.75 Å². The molecule has 0 heterocycles. The third kappa shape index (κ3) is 4.22. The first-order chi connectivity index (χ1) is 8.47. The predicted octanol–water partition coefficient (Wildman–Crippen LogP) is -1.03. The van der Waals surface area contributed by atoms with Gasteiger partial charge in [0.25, 0.3) is 0 Å². The molecular weight excluding hydrogens is 277 g/mol. The van der Waals surface area contributed by atoms with Gasteiger partial charge in [-0.15, -0.1) is 0 Å². The first-order valence-corrected chi connectivity index (χ1v) is 6.46. The number of ether oxygens (including phenoxy) is 1. The Morgan fingerprint density at radius 2 is 1.68 bits per heavy atom. The van der Waals surface area contributed by atoms with Crippen LogP contribution in [0.25, 0.3) is 0 Å². The van der Waals surface area contributed by atoms with Crippen molar-refractivity contribution in [2.75, 3.05) is 5.73 Å². The maximum absolute atomic E-state index is 11.1. The summed E-state index contributed by atoms with van der Waals surface area (Å²) in [6.45, 7) is 0. The Kier molecular flexibility index (Phi) is 5.39.